The lowest BCUT2D eigenvalue weighted by Crippen LogP contribution is -2.43. The Hall–Kier alpha value is -1.04. The largest absolute Gasteiger partial charge is 0.433 e. The first-order chi connectivity index (χ1) is 6.57. The number of H-pyrrole nitrogens is 1. The Morgan fingerprint density at radius 3 is 2.64 bits per heavy atom. The fourth-order valence-corrected chi connectivity index (χ4v) is 1.52. The Kier molecular flexibility index (Phi) is 2.22. The highest BCUT2D eigenvalue weighted by Crippen LogP contribution is 2.31. The number of hydrogen-bond donors (Lipinski definition) is 2. The predicted molar refractivity (Wildman–Crippen MR) is 43.7 cm³/mol. The predicted octanol–water partition coefficient (Wildman–Crippen LogP) is 1.19. The van der Waals surface area contributed by atoms with Crippen molar-refractivity contribution in [2.45, 2.75) is 12.6 Å². The van der Waals surface area contributed by atoms with Gasteiger partial charge in [-0.15, -0.1) is 0 Å². The molecule has 2 rings (SSSR count). The molecular weight excluding hydrogens is 195 g/mol. The van der Waals surface area contributed by atoms with Gasteiger partial charge in [-0.05, 0) is 25.4 Å². The first-order valence-corrected chi connectivity index (χ1v) is 4.37. The Morgan fingerprint density at radius 2 is 2.14 bits per heavy atom. The van der Waals surface area contributed by atoms with Crippen molar-refractivity contribution in [2.24, 2.45) is 5.92 Å². The molecule has 3 nitrogen and oxygen atoms in total. The van der Waals surface area contributed by atoms with E-state index in [1.54, 1.807) is 0 Å². The van der Waals surface area contributed by atoms with Gasteiger partial charge in [-0.3, -0.25) is 5.10 Å². The van der Waals surface area contributed by atoms with Crippen LogP contribution in [0.3, 0.4) is 0 Å². The topological polar surface area (TPSA) is 40.7 Å². The number of halogens is 3. The van der Waals surface area contributed by atoms with Crippen LogP contribution in [0, 0.1) is 5.92 Å². The van der Waals surface area contributed by atoms with Crippen molar-refractivity contribution >= 4 is 0 Å². The van der Waals surface area contributed by atoms with Crippen LogP contribution in [0.5, 0.6) is 0 Å². The standard InChI is InChI=1S/C8H10F3N3/c9-8(10,11)7-6(4-13-14-7)1-5-2-12-3-5/h4-5,12H,1-3H2,(H,13,14). The molecular formula is C8H10F3N3. The fraction of sp³-hybridized carbons (Fsp3) is 0.625. The van der Waals surface area contributed by atoms with Gasteiger partial charge in [-0.1, -0.05) is 0 Å². The van der Waals surface area contributed by atoms with E-state index in [4.69, 9.17) is 0 Å². The smallest absolute Gasteiger partial charge is 0.316 e. The number of alkyl halides is 3. The van der Waals surface area contributed by atoms with Gasteiger partial charge >= 0.3 is 6.18 Å². The average Bonchev–Trinajstić information content (AvgIpc) is 2.42. The van der Waals surface area contributed by atoms with Crippen molar-refractivity contribution in [3.63, 3.8) is 0 Å². The number of aromatic nitrogens is 2. The Morgan fingerprint density at radius 1 is 1.43 bits per heavy atom. The number of aromatic amines is 1. The van der Waals surface area contributed by atoms with Crippen LogP contribution in [-0.4, -0.2) is 23.3 Å². The summed E-state index contributed by atoms with van der Waals surface area (Å²) in [5.41, 5.74) is -0.437. The summed E-state index contributed by atoms with van der Waals surface area (Å²) in [7, 11) is 0. The maximum Gasteiger partial charge on any atom is 0.433 e. The molecule has 1 fully saturated rings. The molecule has 0 saturated carbocycles. The summed E-state index contributed by atoms with van der Waals surface area (Å²) in [5.74, 6) is 0.314. The van der Waals surface area contributed by atoms with Crippen molar-refractivity contribution in [1.29, 1.82) is 0 Å². The van der Waals surface area contributed by atoms with Gasteiger partial charge in [0.05, 0.1) is 6.20 Å². The SMILES string of the molecule is FC(F)(F)c1[nH]ncc1CC1CNC1. The average molecular weight is 205 g/mol. The second-order valence-electron chi connectivity index (χ2n) is 3.50. The van der Waals surface area contributed by atoms with E-state index in [0.29, 0.717) is 12.3 Å². The van der Waals surface area contributed by atoms with E-state index in [0.717, 1.165) is 13.1 Å². The molecule has 0 amide bonds. The van der Waals surface area contributed by atoms with E-state index < -0.39 is 11.9 Å². The molecule has 14 heavy (non-hydrogen) atoms. The van der Waals surface area contributed by atoms with Gasteiger partial charge < -0.3 is 5.32 Å². The summed E-state index contributed by atoms with van der Waals surface area (Å²) in [6.07, 6.45) is -2.61. The van der Waals surface area contributed by atoms with E-state index in [1.807, 2.05) is 5.10 Å². The quantitative estimate of drug-likeness (QED) is 0.761. The van der Waals surface area contributed by atoms with Gasteiger partial charge in [0, 0.05) is 5.56 Å². The minimum Gasteiger partial charge on any atom is -0.316 e. The van der Waals surface area contributed by atoms with E-state index in [9.17, 15) is 13.2 Å². The number of hydrogen-bond acceptors (Lipinski definition) is 2. The Balaban J connectivity index is 2.12. The lowest BCUT2D eigenvalue weighted by Gasteiger charge is -2.26. The summed E-state index contributed by atoms with van der Waals surface area (Å²) >= 11 is 0. The molecule has 1 aromatic heterocycles. The minimum absolute atomic E-state index is 0.268. The minimum atomic E-state index is -4.32. The Bertz CT molecular complexity index is 314. The molecule has 0 atom stereocenters. The van der Waals surface area contributed by atoms with Crippen molar-refractivity contribution in [2.75, 3.05) is 13.1 Å². The van der Waals surface area contributed by atoms with Gasteiger partial charge in [0.2, 0.25) is 0 Å². The van der Waals surface area contributed by atoms with Crippen LogP contribution in [0.25, 0.3) is 0 Å². The van der Waals surface area contributed by atoms with Crippen molar-refractivity contribution < 1.29 is 13.2 Å². The van der Waals surface area contributed by atoms with Crippen molar-refractivity contribution in [3.05, 3.63) is 17.5 Å². The molecule has 1 aliphatic heterocycles. The summed E-state index contributed by atoms with van der Waals surface area (Å²) in [6, 6.07) is 0. The summed E-state index contributed by atoms with van der Waals surface area (Å²) in [5, 5.41) is 8.46. The van der Waals surface area contributed by atoms with Crippen molar-refractivity contribution in [1.82, 2.24) is 15.5 Å². The van der Waals surface area contributed by atoms with Gasteiger partial charge in [0.1, 0.15) is 5.69 Å². The van der Waals surface area contributed by atoms with Crippen LogP contribution in [0.1, 0.15) is 11.3 Å². The molecule has 0 aromatic carbocycles. The zero-order chi connectivity index (χ0) is 10.2. The normalized spacial score (nSPS) is 18.2. The molecule has 6 heteroatoms. The molecule has 0 spiro atoms. The lowest BCUT2D eigenvalue weighted by molar-refractivity contribution is -0.141. The van der Waals surface area contributed by atoms with Crippen LogP contribution < -0.4 is 5.32 Å². The van der Waals surface area contributed by atoms with Crippen LogP contribution in [-0.2, 0) is 12.6 Å². The van der Waals surface area contributed by atoms with Crippen molar-refractivity contribution in [3.8, 4) is 0 Å². The van der Waals surface area contributed by atoms with Crippen LogP contribution in [0.4, 0.5) is 13.2 Å². The third-order valence-electron chi connectivity index (χ3n) is 2.38. The highest BCUT2D eigenvalue weighted by Gasteiger charge is 2.36. The number of rotatable bonds is 2. The summed E-state index contributed by atoms with van der Waals surface area (Å²) in [4.78, 5) is 0. The molecule has 78 valence electrons. The van der Waals surface area contributed by atoms with Gasteiger partial charge in [-0.25, -0.2) is 0 Å². The lowest BCUT2D eigenvalue weighted by atomic mass is 9.94. The molecule has 1 aromatic rings. The first-order valence-electron chi connectivity index (χ1n) is 4.37. The van der Waals surface area contributed by atoms with Crippen LogP contribution >= 0.6 is 0 Å². The zero-order valence-corrected chi connectivity index (χ0v) is 7.36. The highest BCUT2D eigenvalue weighted by molar-refractivity contribution is 5.20. The van der Waals surface area contributed by atoms with E-state index >= 15 is 0 Å². The highest BCUT2D eigenvalue weighted by atomic mass is 19.4. The maximum atomic E-state index is 12.4. The molecule has 0 bridgehead atoms. The van der Waals surface area contributed by atoms with E-state index in [-0.39, 0.29) is 5.56 Å². The molecule has 2 heterocycles. The molecule has 2 N–H and O–H groups in total. The first kappa shape index (κ1) is 9.51. The molecule has 0 aliphatic carbocycles. The Labute approximate surface area is 78.7 Å². The number of nitrogens with zero attached hydrogens (tertiary/aromatic N) is 1. The van der Waals surface area contributed by atoms with Gasteiger partial charge in [0.25, 0.3) is 0 Å². The second-order valence-corrected chi connectivity index (χ2v) is 3.50. The third-order valence-corrected chi connectivity index (χ3v) is 2.38. The fourth-order valence-electron chi connectivity index (χ4n) is 1.52. The monoisotopic (exact) mass is 205 g/mol. The van der Waals surface area contributed by atoms with Gasteiger partial charge in [-0.2, -0.15) is 18.3 Å². The summed E-state index contributed by atoms with van der Waals surface area (Å²) in [6.45, 7) is 1.59. The zero-order valence-electron chi connectivity index (χ0n) is 7.36. The maximum absolute atomic E-state index is 12.4. The molecule has 0 radical (unpaired) electrons. The van der Waals surface area contributed by atoms with Crippen LogP contribution in [0.2, 0.25) is 0 Å². The third kappa shape index (κ3) is 1.75. The summed E-state index contributed by atoms with van der Waals surface area (Å²) < 4.78 is 37.1. The molecule has 1 aliphatic rings. The van der Waals surface area contributed by atoms with E-state index in [1.165, 1.54) is 6.20 Å². The number of nitrogens with one attached hydrogen (secondary N) is 2. The second kappa shape index (κ2) is 3.27. The molecule has 0 unspecified atom stereocenters. The molecule has 1 saturated heterocycles. The van der Waals surface area contributed by atoms with E-state index in [2.05, 4.69) is 10.4 Å². The van der Waals surface area contributed by atoms with Gasteiger partial charge in [0.15, 0.2) is 0 Å². The van der Waals surface area contributed by atoms with Crippen LogP contribution in [0.15, 0.2) is 6.20 Å².